The SMILES string of the molecule is CNC(=O)C(C)(C)CNc1ccc([N+](=O)[O-])cc1C(=O)O. The second-order valence-electron chi connectivity index (χ2n) is 5.11. The molecule has 1 aromatic carbocycles. The van der Waals surface area contributed by atoms with Crippen LogP contribution in [0.3, 0.4) is 0 Å². The first-order valence-corrected chi connectivity index (χ1v) is 6.17. The Labute approximate surface area is 121 Å². The lowest BCUT2D eigenvalue weighted by Gasteiger charge is -2.23. The predicted molar refractivity (Wildman–Crippen MR) is 76.4 cm³/mol. The average molecular weight is 295 g/mol. The zero-order chi connectivity index (χ0) is 16.2. The lowest BCUT2D eigenvalue weighted by molar-refractivity contribution is -0.384. The molecule has 0 aliphatic carbocycles. The summed E-state index contributed by atoms with van der Waals surface area (Å²) in [6.45, 7) is 3.58. The third-order valence-corrected chi connectivity index (χ3v) is 3.01. The normalized spacial score (nSPS) is 10.8. The van der Waals surface area contributed by atoms with Gasteiger partial charge in [0.15, 0.2) is 0 Å². The van der Waals surface area contributed by atoms with Gasteiger partial charge in [-0.25, -0.2) is 4.79 Å². The van der Waals surface area contributed by atoms with Crippen LogP contribution in [0.25, 0.3) is 0 Å². The Kier molecular flexibility index (Phi) is 4.85. The van der Waals surface area contributed by atoms with Gasteiger partial charge < -0.3 is 15.7 Å². The summed E-state index contributed by atoms with van der Waals surface area (Å²) in [4.78, 5) is 32.8. The van der Waals surface area contributed by atoms with E-state index in [9.17, 15) is 19.7 Å². The van der Waals surface area contributed by atoms with Gasteiger partial charge in [-0.2, -0.15) is 0 Å². The smallest absolute Gasteiger partial charge is 0.338 e. The van der Waals surface area contributed by atoms with Crippen molar-refractivity contribution in [3.05, 3.63) is 33.9 Å². The zero-order valence-corrected chi connectivity index (χ0v) is 12.0. The van der Waals surface area contributed by atoms with E-state index < -0.39 is 16.3 Å². The van der Waals surface area contributed by atoms with E-state index in [2.05, 4.69) is 10.6 Å². The van der Waals surface area contributed by atoms with Crippen molar-refractivity contribution in [1.29, 1.82) is 0 Å². The molecule has 0 saturated carbocycles. The third-order valence-electron chi connectivity index (χ3n) is 3.01. The molecule has 8 nitrogen and oxygen atoms in total. The van der Waals surface area contributed by atoms with Gasteiger partial charge in [-0.1, -0.05) is 0 Å². The molecule has 1 aromatic rings. The van der Waals surface area contributed by atoms with Crippen LogP contribution in [0.2, 0.25) is 0 Å². The molecular weight excluding hydrogens is 278 g/mol. The van der Waals surface area contributed by atoms with Crippen LogP contribution in [-0.4, -0.2) is 35.5 Å². The van der Waals surface area contributed by atoms with E-state index in [0.717, 1.165) is 6.07 Å². The summed E-state index contributed by atoms with van der Waals surface area (Å²) in [6, 6.07) is 3.51. The molecule has 0 unspecified atom stereocenters. The van der Waals surface area contributed by atoms with E-state index in [-0.39, 0.29) is 29.4 Å². The lowest BCUT2D eigenvalue weighted by Crippen LogP contribution is -2.39. The minimum absolute atomic E-state index is 0.185. The summed E-state index contributed by atoms with van der Waals surface area (Å²) < 4.78 is 0. The molecule has 0 fully saturated rings. The highest BCUT2D eigenvalue weighted by molar-refractivity contribution is 5.95. The maximum atomic E-state index is 11.7. The van der Waals surface area contributed by atoms with Gasteiger partial charge >= 0.3 is 5.97 Å². The highest BCUT2D eigenvalue weighted by Crippen LogP contribution is 2.24. The van der Waals surface area contributed by atoms with Gasteiger partial charge in [0.25, 0.3) is 5.69 Å². The number of rotatable bonds is 6. The molecule has 0 atom stereocenters. The molecule has 8 heteroatoms. The molecule has 0 saturated heterocycles. The number of amides is 1. The molecule has 1 rings (SSSR count). The Morgan fingerprint density at radius 3 is 2.48 bits per heavy atom. The number of carbonyl (C=O) groups excluding carboxylic acids is 1. The minimum Gasteiger partial charge on any atom is -0.478 e. The van der Waals surface area contributed by atoms with E-state index in [1.54, 1.807) is 13.8 Å². The molecular formula is C13H17N3O5. The number of nitro benzene ring substituents is 1. The van der Waals surface area contributed by atoms with Crippen LogP contribution in [0, 0.1) is 15.5 Å². The molecule has 0 spiro atoms. The van der Waals surface area contributed by atoms with Crippen molar-refractivity contribution in [1.82, 2.24) is 5.32 Å². The van der Waals surface area contributed by atoms with Crippen LogP contribution in [0.4, 0.5) is 11.4 Å². The molecule has 0 aliphatic heterocycles. The van der Waals surface area contributed by atoms with E-state index >= 15 is 0 Å². The number of hydrogen-bond acceptors (Lipinski definition) is 5. The number of nitrogens with zero attached hydrogens (tertiary/aromatic N) is 1. The summed E-state index contributed by atoms with van der Waals surface area (Å²) in [6.07, 6.45) is 0. The average Bonchev–Trinajstić information content (AvgIpc) is 2.43. The Morgan fingerprint density at radius 2 is 2.00 bits per heavy atom. The standard InChI is InChI=1S/C13H17N3O5/c1-13(2,12(19)14-3)7-15-10-5-4-8(16(20)21)6-9(10)11(17)18/h4-6,15H,7H2,1-3H3,(H,14,19)(H,17,18). The fraction of sp³-hybridized carbons (Fsp3) is 0.385. The maximum absolute atomic E-state index is 11.7. The van der Waals surface area contributed by atoms with Gasteiger partial charge in [0.05, 0.1) is 15.9 Å². The number of nitro groups is 1. The summed E-state index contributed by atoms with van der Waals surface area (Å²) >= 11 is 0. The highest BCUT2D eigenvalue weighted by atomic mass is 16.6. The molecule has 3 N–H and O–H groups in total. The van der Waals surface area contributed by atoms with Crippen LogP contribution in [-0.2, 0) is 4.79 Å². The Bertz CT molecular complexity index is 583. The zero-order valence-electron chi connectivity index (χ0n) is 12.0. The Morgan fingerprint density at radius 1 is 1.38 bits per heavy atom. The van der Waals surface area contributed by atoms with E-state index in [0.29, 0.717) is 0 Å². The van der Waals surface area contributed by atoms with E-state index in [1.807, 2.05) is 0 Å². The van der Waals surface area contributed by atoms with Crippen molar-refractivity contribution in [2.45, 2.75) is 13.8 Å². The maximum Gasteiger partial charge on any atom is 0.338 e. The first-order valence-electron chi connectivity index (χ1n) is 6.17. The molecule has 0 radical (unpaired) electrons. The number of non-ortho nitro benzene ring substituents is 1. The highest BCUT2D eigenvalue weighted by Gasteiger charge is 2.27. The van der Waals surface area contributed by atoms with Gasteiger partial charge in [-0.15, -0.1) is 0 Å². The number of aromatic carboxylic acids is 1. The summed E-state index contributed by atoms with van der Waals surface area (Å²) in [7, 11) is 1.51. The van der Waals surface area contributed by atoms with Crippen LogP contribution >= 0.6 is 0 Å². The molecule has 114 valence electrons. The van der Waals surface area contributed by atoms with Gasteiger partial charge in [-0.05, 0) is 19.9 Å². The molecule has 0 aliphatic rings. The Balaban J connectivity index is 3.01. The second kappa shape index (κ2) is 6.21. The van der Waals surface area contributed by atoms with Crippen molar-refractivity contribution in [2.75, 3.05) is 18.9 Å². The van der Waals surface area contributed by atoms with Crippen molar-refractivity contribution in [3.8, 4) is 0 Å². The van der Waals surface area contributed by atoms with Gasteiger partial charge in [-0.3, -0.25) is 14.9 Å². The molecule has 0 heterocycles. The number of carboxylic acids is 1. The summed E-state index contributed by atoms with van der Waals surface area (Å²) in [5.41, 5.74) is -1.04. The van der Waals surface area contributed by atoms with Crippen molar-refractivity contribution >= 4 is 23.3 Å². The molecule has 1 amide bonds. The van der Waals surface area contributed by atoms with Crippen molar-refractivity contribution in [2.24, 2.45) is 5.41 Å². The molecule has 21 heavy (non-hydrogen) atoms. The number of anilines is 1. The van der Waals surface area contributed by atoms with Crippen LogP contribution in [0.15, 0.2) is 18.2 Å². The topological polar surface area (TPSA) is 122 Å². The largest absolute Gasteiger partial charge is 0.478 e. The predicted octanol–water partition coefficient (Wildman–Crippen LogP) is 1.48. The number of benzene rings is 1. The minimum atomic E-state index is -1.28. The number of carboxylic acid groups (broad SMARTS) is 1. The monoisotopic (exact) mass is 295 g/mol. The van der Waals surface area contributed by atoms with Crippen LogP contribution in [0.1, 0.15) is 24.2 Å². The summed E-state index contributed by atoms with van der Waals surface area (Å²) in [5.74, 6) is -1.48. The van der Waals surface area contributed by atoms with Gasteiger partial charge in [0.1, 0.15) is 0 Å². The summed E-state index contributed by atoms with van der Waals surface area (Å²) in [5, 5.41) is 25.2. The molecule has 0 bridgehead atoms. The van der Waals surface area contributed by atoms with Crippen molar-refractivity contribution in [3.63, 3.8) is 0 Å². The van der Waals surface area contributed by atoms with Gasteiger partial charge in [0, 0.05) is 31.4 Å². The fourth-order valence-corrected chi connectivity index (χ4v) is 1.71. The van der Waals surface area contributed by atoms with E-state index in [1.165, 1.54) is 19.2 Å². The number of nitrogens with one attached hydrogen (secondary N) is 2. The lowest BCUT2D eigenvalue weighted by atomic mass is 9.92. The van der Waals surface area contributed by atoms with Crippen LogP contribution in [0.5, 0.6) is 0 Å². The first-order chi connectivity index (χ1) is 9.69. The van der Waals surface area contributed by atoms with Crippen LogP contribution < -0.4 is 10.6 Å². The quantitative estimate of drug-likeness (QED) is 0.539. The number of hydrogen-bond donors (Lipinski definition) is 3. The fourth-order valence-electron chi connectivity index (χ4n) is 1.71. The third kappa shape index (κ3) is 3.91. The van der Waals surface area contributed by atoms with Crippen molar-refractivity contribution < 1.29 is 19.6 Å². The first kappa shape index (κ1) is 16.4. The number of carbonyl (C=O) groups is 2. The van der Waals surface area contributed by atoms with Gasteiger partial charge in [0.2, 0.25) is 5.91 Å². The Hall–Kier alpha value is -2.64. The second-order valence-corrected chi connectivity index (χ2v) is 5.11. The van der Waals surface area contributed by atoms with E-state index in [4.69, 9.17) is 5.11 Å². The molecule has 0 aromatic heterocycles.